The SMILES string of the molecule is O=S(=O)(NCCc1c[nH]c2ccccc12)c1sccc1Br. The van der Waals surface area contributed by atoms with Crippen LogP contribution in [-0.2, 0) is 16.4 Å². The molecule has 0 bridgehead atoms. The number of nitrogens with one attached hydrogen (secondary N) is 2. The molecule has 0 aliphatic carbocycles. The van der Waals surface area contributed by atoms with Gasteiger partial charge in [-0.05, 0) is 45.4 Å². The van der Waals surface area contributed by atoms with Crippen molar-refractivity contribution in [1.82, 2.24) is 9.71 Å². The van der Waals surface area contributed by atoms with Gasteiger partial charge in [-0.3, -0.25) is 0 Å². The average Bonchev–Trinajstić information content (AvgIpc) is 3.06. The lowest BCUT2D eigenvalue weighted by atomic mass is 10.1. The molecule has 0 aliphatic heterocycles. The van der Waals surface area contributed by atoms with Gasteiger partial charge in [0.1, 0.15) is 4.21 Å². The van der Waals surface area contributed by atoms with Crippen LogP contribution in [-0.4, -0.2) is 19.9 Å². The molecular formula is C14H13BrN2O2S2. The van der Waals surface area contributed by atoms with Gasteiger partial charge in [-0.25, -0.2) is 13.1 Å². The topological polar surface area (TPSA) is 62.0 Å². The molecule has 0 atom stereocenters. The first-order valence-corrected chi connectivity index (χ1v) is 9.51. The van der Waals surface area contributed by atoms with E-state index in [9.17, 15) is 8.42 Å². The fraction of sp³-hybridized carbons (Fsp3) is 0.143. The van der Waals surface area contributed by atoms with Crippen molar-refractivity contribution in [3.8, 4) is 0 Å². The third-order valence-electron chi connectivity index (χ3n) is 3.19. The number of hydrogen-bond acceptors (Lipinski definition) is 3. The minimum Gasteiger partial charge on any atom is -0.361 e. The summed E-state index contributed by atoms with van der Waals surface area (Å²) in [4.78, 5) is 3.19. The lowest BCUT2D eigenvalue weighted by Gasteiger charge is -2.05. The summed E-state index contributed by atoms with van der Waals surface area (Å²) < 4.78 is 27.9. The molecule has 2 heterocycles. The Morgan fingerprint density at radius 1 is 1.24 bits per heavy atom. The van der Waals surface area contributed by atoms with Crippen LogP contribution in [0.4, 0.5) is 0 Å². The van der Waals surface area contributed by atoms with Crippen molar-refractivity contribution in [2.24, 2.45) is 0 Å². The Bertz CT molecular complexity index is 868. The summed E-state index contributed by atoms with van der Waals surface area (Å²) in [6, 6.07) is 9.72. The summed E-state index contributed by atoms with van der Waals surface area (Å²) in [6.45, 7) is 0.370. The van der Waals surface area contributed by atoms with Crippen LogP contribution < -0.4 is 4.72 Å². The van der Waals surface area contributed by atoms with Crippen LogP contribution >= 0.6 is 27.3 Å². The molecule has 1 aromatic carbocycles. The zero-order valence-electron chi connectivity index (χ0n) is 11.0. The predicted molar refractivity (Wildman–Crippen MR) is 89.2 cm³/mol. The second-order valence-electron chi connectivity index (χ2n) is 4.56. The molecule has 21 heavy (non-hydrogen) atoms. The van der Waals surface area contributed by atoms with Crippen molar-refractivity contribution in [2.45, 2.75) is 10.6 Å². The van der Waals surface area contributed by atoms with Crippen molar-refractivity contribution in [3.05, 3.63) is 51.9 Å². The van der Waals surface area contributed by atoms with Crippen LogP contribution in [0.5, 0.6) is 0 Å². The van der Waals surface area contributed by atoms with E-state index in [2.05, 4.69) is 25.6 Å². The van der Waals surface area contributed by atoms with Gasteiger partial charge in [-0.1, -0.05) is 18.2 Å². The Morgan fingerprint density at radius 3 is 2.81 bits per heavy atom. The molecule has 2 N–H and O–H groups in total. The zero-order chi connectivity index (χ0) is 14.9. The van der Waals surface area contributed by atoms with Gasteiger partial charge in [-0.15, -0.1) is 11.3 Å². The number of sulfonamides is 1. The standard InChI is InChI=1S/C14H13BrN2O2S2/c15-12-6-8-20-14(12)21(18,19)17-7-5-10-9-16-13-4-2-1-3-11(10)13/h1-4,6,8-9,16-17H,5,7H2. The molecule has 0 saturated carbocycles. The van der Waals surface area contributed by atoms with E-state index in [1.165, 1.54) is 11.3 Å². The fourth-order valence-corrected chi connectivity index (χ4v) is 5.61. The normalized spacial score (nSPS) is 12.0. The van der Waals surface area contributed by atoms with E-state index in [1.807, 2.05) is 30.5 Å². The summed E-state index contributed by atoms with van der Waals surface area (Å²) in [7, 11) is -3.44. The molecule has 7 heteroatoms. The molecule has 3 aromatic rings. The lowest BCUT2D eigenvalue weighted by molar-refractivity contribution is 0.583. The van der Waals surface area contributed by atoms with Crippen molar-refractivity contribution in [1.29, 1.82) is 0 Å². The summed E-state index contributed by atoms with van der Waals surface area (Å²) in [6.07, 6.45) is 2.58. The number of para-hydroxylation sites is 1. The molecule has 0 saturated heterocycles. The van der Waals surface area contributed by atoms with Crippen LogP contribution in [0.3, 0.4) is 0 Å². The second-order valence-corrected chi connectivity index (χ2v) is 8.30. The van der Waals surface area contributed by atoms with Crippen molar-refractivity contribution < 1.29 is 8.42 Å². The van der Waals surface area contributed by atoms with Crippen molar-refractivity contribution in [3.63, 3.8) is 0 Å². The maximum Gasteiger partial charge on any atom is 0.251 e. The van der Waals surface area contributed by atoms with E-state index < -0.39 is 10.0 Å². The third-order valence-corrected chi connectivity index (χ3v) is 7.32. The number of H-pyrrole nitrogens is 1. The Balaban J connectivity index is 1.70. The number of aromatic nitrogens is 1. The first-order chi connectivity index (χ1) is 10.1. The molecule has 0 aliphatic rings. The highest BCUT2D eigenvalue weighted by Crippen LogP contribution is 2.27. The summed E-state index contributed by atoms with van der Waals surface area (Å²) in [5, 5.41) is 2.88. The summed E-state index contributed by atoms with van der Waals surface area (Å²) in [5.41, 5.74) is 2.18. The molecule has 0 amide bonds. The number of aromatic amines is 1. The van der Waals surface area contributed by atoms with Crippen molar-refractivity contribution >= 4 is 48.2 Å². The Morgan fingerprint density at radius 2 is 2.05 bits per heavy atom. The first-order valence-electron chi connectivity index (χ1n) is 6.35. The minimum atomic E-state index is -3.44. The highest BCUT2D eigenvalue weighted by molar-refractivity contribution is 9.10. The van der Waals surface area contributed by atoms with E-state index in [0.717, 1.165) is 16.5 Å². The van der Waals surface area contributed by atoms with Gasteiger partial charge in [0.25, 0.3) is 10.0 Å². The maximum absolute atomic E-state index is 12.2. The molecule has 2 aromatic heterocycles. The second kappa shape index (κ2) is 5.92. The van der Waals surface area contributed by atoms with E-state index in [-0.39, 0.29) is 0 Å². The minimum absolute atomic E-state index is 0.321. The first kappa shape index (κ1) is 14.8. The van der Waals surface area contributed by atoms with Crippen LogP contribution in [0.15, 0.2) is 50.6 Å². The van der Waals surface area contributed by atoms with Crippen LogP contribution in [0.25, 0.3) is 10.9 Å². The largest absolute Gasteiger partial charge is 0.361 e. The Hall–Kier alpha value is -1.15. The quantitative estimate of drug-likeness (QED) is 0.706. The molecule has 0 spiro atoms. The number of thiophene rings is 1. The van der Waals surface area contributed by atoms with Crippen LogP contribution in [0.2, 0.25) is 0 Å². The van der Waals surface area contributed by atoms with E-state index in [0.29, 0.717) is 21.6 Å². The molecule has 0 unspecified atom stereocenters. The van der Waals surface area contributed by atoms with Gasteiger partial charge in [-0.2, -0.15) is 0 Å². The van der Waals surface area contributed by atoms with Crippen LogP contribution in [0, 0.1) is 0 Å². The Kier molecular flexibility index (Phi) is 4.17. The van der Waals surface area contributed by atoms with Gasteiger partial charge < -0.3 is 4.98 Å². The Labute approximate surface area is 135 Å². The van der Waals surface area contributed by atoms with E-state index in [4.69, 9.17) is 0 Å². The highest BCUT2D eigenvalue weighted by Gasteiger charge is 2.18. The van der Waals surface area contributed by atoms with Gasteiger partial charge in [0, 0.05) is 28.1 Å². The number of rotatable bonds is 5. The molecule has 3 rings (SSSR count). The molecule has 110 valence electrons. The third kappa shape index (κ3) is 3.06. The summed E-state index contributed by atoms with van der Waals surface area (Å²) in [5.74, 6) is 0. The molecule has 0 fully saturated rings. The van der Waals surface area contributed by atoms with Gasteiger partial charge in [0.2, 0.25) is 0 Å². The van der Waals surface area contributed by atoms with Crippen molar-refractivity contribution in [2.75, 3.05) is 6.54 Å². The number of hydrogen-bond donors (Lipinski definition) is 2. The number of fused-ring (bicyclic) bond motifs is 1. The summed E-state index contributed by atoms with van der Waals surface area (Å²) >= 11 is 4.45. The van der Waals surface area contributed by atoms with Crippen LogP contribution in [0.1, 0.15) is 5.56 Å². The number of benzene rings is 1. The monoisotopic (exact) mass is 384 g/mol. The average molecular weight is 385 g/mol. The molecule has 0 radical (unpaired) electrons. The van der Waals surface area contributed by atoms with E-state index in [1.54, 1.807) is 11.4 Å². The predicted octanol–water partition coefficient (Wildman–Crippen LogP) is 3.51. The van der Waals surface area contributed by atoms with E-state index >= 15 is 0 Å². The van der Waals surface area contributed by atoms with Gasteiger partial charge in [0.05, 0.1) is 0 Å². The molecule has 4 nitrogen and oxygen atoms in total. The number of halogens is 1. The maximum atomic E-state index is 12.2. The molecular weight excluding hydrogens is 372 g/mol. The highest BCUT2D eigenvalue weighted by atomic mass is 79.9. The van der Waals surface area contributed by atoms with Gasteiger partial charge in [0.15, 0.2) is 0 Å². The smallest absolute Gasteiger partial charge is 0.251 e. The fourth-order valence-electron chi connectivity index (χ4n) is 2.20. The van der Waals surface area contributed by atoms with Gasteiger partial charge >= 0.3 is 0 Å². The zero-order valence-corrected chi connectivity index (χ0v) is 14.2. The lowest BCUT2D eigenvalue weighted by Crippen LogP contribution is -2.25.